The summed E-state index contributed by atoms with van der Waals surface area (Å²) < 4.78 is 15.5. The second-order valence-corrected chi connectivity index (χ2v) is 9.40. The number of aromatic nitrogens is 1. The van der Waals surface area contributed by atoms with E-state index in [1.807, 2.05) is 12.1 Å². The largest absolute Gasteiger partial charge is 0.343 e. The van der Waals surface area contributed by atoms with Crippen molar-refractivity contribution in [3.05, 3.63) is 71.7 Å². The van der Waals surface area contributed by atoms with Crippen molar-refractivity contribution in [2.75, 3.05) is 0 Å². The van der Waals surface area contributed by atoms with Crippen LogP contribution >= 0.6 is 0 Å². The van der Waals surface area contributed by atoms with Gasteiger partial charge in [-0.3, -0.25) is 0 Å². The van der Waals surface area contributed by atoms with Crippen molar-refractivity contribution in [2.24, 2.45) is 5.41 Å². The molecule has 144 valence electrons. The van der Waals surface area contributed by atoms with E-state index in [-0.39, 0.29) is 16.8 Å². The maximum Gasteiger partial charge on any atom is 0.123 e. The maximum atomic E-state index is 13.2. The highest BCUT2D eigenvalue weighted by Gasteiger charge is 2.25. The normalized spacial score (nSPS) is 12.7. The molecule has 0 fully saturated rings. The lowest BCUT2D eigenvalue weighted by molar-refractivity contribution is 0.241. The molecule has 0 amide bonds. The van der Waals surface area contributed by atoms with Crippen LogP contribution in [0, 0.1) is 11.2 Å². The lowest BCUT2D eigenvalue weighted by Crippen LogP contribution is -2.41. The smallest absolute Gasteiger partial charge is 0.123 e. The number of benzene rings is 2. The number of hydrogen-bond donors (Lipinski definition) is 1. The minimum absolute atomic E-state index is 0.0679. The van der Waals surface area contributed by atoms with E-state index in [9.17, 15) is 4.39 Å². The number of rotatable bonds is 6. The lowest BCUT2D eigenvalue weighted by atomic mass is 9.82. The molecule has 0 saturated carbocycles. The molecule has 1 heterocycles. The van der Waals surface area contributed by atoms with Crippen molar-refractivity contribution in [3.63, 3.8) is 0 Å². The Bertz CT molecular complexity index is 898. The van der Waals surface area contributed by atoms with Crippen LogP contribution in [0.15, 0.2) is 54.7 Å². The van der Waals surface area contributed by atoms with E-state index < -0.39 is 0 Å². The first kappa shape index (κ1) is 19.6. The monoisotopic (exact) mass is 366 g/mol. The lowest BCUT2D eigenvalue weighted by Gasteiger charge is -2.33. The van der Waals surface area contributed by atoms with Crippen LogP contribution in [0.5, 0.6) is 0 Å². The van der Waals surface area contributed by atoms with Gasteiger partial charge in [-0.15, -0.1) is 0 Å². The molecular formula is C24H31FN2. The summed E-state index contributed by atoms with van der Waals surface area (Å²) in [5, 5.41) is 5.02. The fraction of sp³-hybridized carbons (Fsp3) is 0.417. The molecule has 1 N–H and O–H groups in total. The summed E-state index contributed by atoms with van der Waals surface area (Å²) in [5.41, 5.74) is 3.97. The summed E-state index contributed by atoms with van der Waals surface area (Å²) in [6.07, 6.45) is 3.34. The van der Waals surface area contributed by atoms with Crippen molar-refractivity contribution in [2.45, 2.75) is 59.7 Å². The van der Waals surface area contributed by atoms with E-state index in [2.05, 4.69) is 75.0 Å². The van der Waals surface area contributed by atoms with Gasteiger partial charge in [-0.05, 0) is 55.0 Å². The summed E-state index contributed by atoms with van der Waals surface area (Å²) in [7, 11) is 0. The molecule has 3 rings (SSSR count). The fourth-order valence-corrected chi connectivity index (χ4v) is 4.10. The van der Waals surface area contributed by atoms with Crippen LogP contribution in [0.1, 0.15) is 52.2 Å². The zero-order valence-corrected chi connectivity index (χ0v) is 17.1. The van der Waals surface area contributed by atoms with Gasteiger partial charge in [-0.1, -0.05) is 51.1 Å². The molecule has 0 atom stereocenters. The van der Waals surface area contributed by atoms with Crippen molar-refractivity contribution < 1.29 is 4.39 Å². The molecule has 2 nitrogen and oxygen atoms in total. The van der Waals surface area contributed by atoms with Crippen LogP contribution in [-0.2, 0) is 13.1 Å². The Labute approximate surface area is 162 Å². The van der Waals surface area contributed by atoms with Crippen LogP contribution in [0.2, 0.25) is 0 Å². The van der Waals surface area contributed by atoms with Crippen LogP contribution in [0.3, 0.4) is 0 Å². The zero-order valence-electron chi connectivity index (χ0n) is 17.1. The average Bonchev–Trinajstić information content (AvgIpc) is 2.91. The quantitative estimate of drug-likeness (QED) is 0.555. The SMILES string of the molecule is CC(C)(C)CC(C)(C)NCc1cn(Cc2ccc(F)cc2)c2ccccc12. The Balaban J connectivity index is 1.83. The molecule has 0 bridgehead atoms. The first-order valence-corrected chi connectivity index (χ1v) is 9.69. The molecule has 2 aromatic carbocycles. The summed E-state index contributed by atoms with van der Waals surface area (Å²) >= 11 is 0. The highest BCUT2D eigenvalue weighted by Crippen LogP contribution is 2.28. The molecule has 0 radical (unpaired) electrons. The van der Waals surface area contributed by atoms with E-state index in [4.69, 9.17) is 0 Å². The Morgan fingerprint density at radius 1 is 0.926 bits per heavy atom. The van der Waals surface area contributed by atoms with Gasteiger partial charge in [0.1, 0.15) is 5.82 Å². The fourth-order valence-electron chi connectivity index (χ4n) is 4.10. The second-order valence-electron chi connectivity index (χ2n) is 9.40. The Morgan fingerprint density at radius 3 is 2.26 bits per heavy atom. The van der Waals surface area contributed by atoms with Crippen LogP contribution in [0.4, 0.5) is 4.39 Å². The second kappa shape index (κ2) is 7.47. The third-order valence-electron chi connectivity index (χ3n) is 4.87. The van der Waals surface area contributed by atoms with Crippen molar-refractivity contribution in [1.29, 1.82) is 0 Å². The van der Waals surface area contributed by atoms with Crippen LogP contribution < -0.4 is 5.32 Å². The van der Waals surface area contributed by atoms with Gasteiger partial charge in [-0.25, -0.2) is 4.39 Å². The van der Waals surface area contributed by atoms with Crippen LogP contribution in [0.25, 0.3) is 10.9 Å². The van der Waals surface area contributed by atoms with E-state index in [0.717, 1.165) is 25.1 Å². The summed E-state index contributed by atoms with van der Waals surface area (Å²) in [4.78, 5) is 0. The maximum absolute atomic E-state index is 13.2. The highest BCUT2D eigenvalue weighted by molar-refractivity contribution is 5.84. The number of para-hydroxylation sites is 1. The number of nitrogens with one attached hydrogen (secondary N) is 1. The van der Waals surface area contributed by atoms with Gasteiger partial charge in [0.05, 0.1) is 0 Å². The van der Waals surface area contributed by atoms with Gasteiger partial charge < -0.3 is 9.88 Å². The number of halogens is 1. The zero-order chi connectivity index (χ0) is 19.7. The third kappa shape index (κ3) is 5.20. The standard InChI is InChI=1S/C24H31FN2/c1-23(2,3)17-24(4,5)26-14-19-16-27(22-9-7-6-8-21(19)22)15-18-10-12-20(25)13-11-18/h6-13,16,26H,14-15,17H2,1-5H3. The molecule has 0 saturated heterocycles. The Kier molecular flexibility index (Phi) is 5.43. The minimum atomic E-state index is -0.193. The minimum Gasteiger partial charge on any atom is -0.343 e. The third-order valence-corrected chi connectivity index (χ3v) is 4.87. The number of fused-ring (bicyclic) bond motifs is 1. The van der Waals surface area contributed by atoms with Crippen molar-refractivity contribution >= 4 is 10.9 Å². The molecule has 0 aliphatic carbocycles. The predicted octanol–water partition coefficient (Wildman–Crippen LogP) is 6.13. The number of nitrogens with zero attached hydrogens (tertiary/aromatic N) is 1. The average molecular weight is 367 g/mol. The van der Waals surface area contributed by atoms with Crippen molar-refractivity contribution in [3.8, 4) is 0 Å². The van der Waals surface area contributed by atoms with E-state index in [1.54, 1.807) is 0 Å². The summed E-state index contributed by atoms with van der Waals surface area (Å²) in [6.45, 7) is 13.0. The highest BCUT2D eigenvalue weighted by atomic mass is 19.1. The molecule has 27 heavy (non-hydrogen) atoms. The molecular weight excluding hydrogens is 335 g/mol. The molecule has 1 aromatic heterocycles. The van der Waals surface area contributed by atoms with Gasteiger partial charge in [0, 0.05) is 35.7 Å². The summed E-state index contributed by atoms with van der Waals surface area (Å²) in [5.74, 6) is -0.193. The molecule has 3 aromatic rings. The van der Waals surface area contributed by atoms with Gasteiger partial charge in [-0.2, -0.15) is 0 Å². The molecule has 0 aliphatic rings. The van der Waals surface area contributed by atoms with Gasteiger partial charge in [0.15, 0.2) is 0 Å². The van der Waals surface area contributed by atoms with Gasteiger partial charge in [0.25, 0.3) is 0 Å². The first-order valence-electron chi connectivity index (χ1n) is 9.69. The van der Waals surface area contributed by atoms with Crippen LogP contribution in [-0.4, -0.2) is 10.1 Å². The Hall–Kier alpha value is -2.13. The van der Waals surface area contributed by atoms with Gasteiger partial charge in [0.2, 0.25) is 0 Å². The van der Waals surface area contributed by atoms with E-state index in [0.29, 0.717) is 0 Å². The Morgan fingerprint density at radius 2 is 1.59 bits per heavy atom. The topological polar surface area (TPSA) is 17.0 Å². The molecule has 0 unspecified atom stereocenters. The molecule has 0 aliphatic heterocycles. The van der Waals surface area contributed by atoms with E-state index in [1.165, 1.54) is 28.6 Å². The van der Waals surface area contributed by atoms with E-state index >= 15 is 0 Å². The first-order chi connectivity index (χ1) is 12.6. The van der Waals surface area contributed by atoms with Crippen molar-refractivity contribution in [1.82, 2.24) is 9.88 Å². The van der Waals surface area contributed by atoms with Gasteiger partial charge >= 0.3 is 0 Å². The molecule has 0 spiro atoms. The number of hydrogen-bond acceptors (Lipinski definition) is 1. The molecule has 3 heteroatoms. The summed E-state index contributed by atoms with van der Waals surface area (Å²) in [6, 6.07) is 15.3. The predicted molar refractivity (Wildman–Crippen MR) is 112 cm³/mol.